The zero-order valence-corrected chi connectivity index (χ0v) is 13.9. The minimum Gasteiger partial charge on any atom is -0.463 e. The van der Waals surface area contributed by atoms with Crippen LogP contribution in [-0.2, 0) is 4.79 Å². The number of amides is 1. The monoisotopic (exact) mass is 330 g/mol. The SMILES string of the molecule is CC1CCCN(C(=O)C(C)n2nc(-c3ccco3)cc(N)c2=O)C1. The Morgan fingerprint density at radius 1 is 1.50 bits per heavy atom. The van der Waals surface area contributed by atoms with Crippen molar-refractivity contribution in [1.29, 1.82) is 0 Å². The van der Waals surface area contributed by atoms with E-state index in [1.165, 1.54) is 12.3 Å². The van der Waals surface area contributed by atoms with Crippen LogP contribution in [0.1, 0.15) is 32.7 Å². The third kappa shape index (κ3) is 3.06. The van der Waals surface area contributed by atoms with Crippen molar-refractivity contribution in [2.45, 2.75) is 32.7 Å². The molecule has 2 N–H and O–H groups in total. The molecule has 2 aromatic rings. The van der Waals surface area contributed by atoms with Crippen LogP contribution in [-0.4, -0.2) is 33.7 Å². The van der Waals surface area contributed by atoms with Crippen molar-refractivity contribution in [2.75, 3.05) is 18.8 Å². The van der Waals surface area contributed by atoms with E-state index in [-0.39, 0.29) is 11.6 Å². The fourth-order valence-corrected chi connectivity index (χ4v) is 3.10. The van der Waals surface area contributed by atoms with E-state index in [0.29, 0.717) is 23.9 Å². The van der Waals surface area contributed by atoms with E-state index < -0.39 is 11.6 Å². The highest BCUT2D eigenvalue weighted by Gasteiger charge is 2.28. The number of nitrogens with zero attached hydrogens (tertiary/aromatic N) is 3. The summed E-state index contributed by atoms with van der Waals surface area (Å²) in [6.07, 6.45) is 3.63. The summed E-state index contributed by atoms with van der Waals surface area (Å²) in [6.45, 7) is 5.24. The molecule has 0 spiro atoms. The first-order valence-electron chi connectivity index (χ1n) is 8.19. The van der Waals surface area contributed by atoms with Gasteiger partial charge >= 0.3 is 0 Å². The Hall–Kier alpha value is -2.57. The van der Waals surface area contributed by atoms with Gasteiger partial charge in [0.15, 0.2) is 5.76 Å². The lowest BCUT2D eigenvalue weighted by Crippen LogP contribution is -2.44. The minimum atomic E-state index is -0.708. The number of nitrogens with two attached hydrogens (primary N) is 1. The van der Waals surface area contributed by atoms with Gasteiger partial charge in [0.25, 0.3) is 5.56 Å². The Morgan fingerprint density at radius 2 is 2.29 bits per heavy atom. The predicted molar refractivity (Wildman–Crippen MR) is 90.3 cm³/mol. The summed E-state index contributed by atoms with van der Waals surface area (Å²) in [5.41, 5.74) is 5.84. The topological polar surface area (TPSA) is 94.4 Å². The first kappa shape index (κ1) is 16.3. The first-order valence-corrected chi connectivity index (χ1v) is 8.19. The second-order valence-corrected chi connectivity index (χ2v) is 6.42. The molecule has 1 fully saturated rings. The van der Waals surface area contributed by atoms with Crippen LogP contribution in [0.5, 0.6) is 0 Å². The van der Waals surface area contributed by atoms with Gasteiger partial charge in [0.05, 0.1) is 6.26 Å². The van der Waals surface area contributed by atoms with Gasteiger partial charge in [-0.3, -0.25) is 9.59 Å². The lowest BCUT2D eigenvalue weighted by atomic mass is 10.00. The fourth-order valence-electron chi connectivity index (χ4n) is 3.10. The molecule has 3 rings (SSSR count). The van der Waals surface area contributed by atoms with Gasteiger partial charge in [0, 0.05) is 13.1 Å². The van der Waals surface area contributed by atoms with Crippen molar-refractivity contribution in [1.82, 2.24) is 14.7 Å². The van der Waals surface area contributed by atoms with Gasteiger partial charge in [-0.05, 0) is 43.9 Å². The summed E-state index contributed by atoms with van der Waals surface area (Å²) >= 11 is 0. The third-order valence-electron chi connectivity index (χ3n) is 4.43. The molecular weight excluding hydrogens is 308 g/mol. The summed E-state index contributed by atoms with van der Waals surface area (Å²) in [5.74, 6) is 0.868. The molecule has 7 nitrogen and oxygen atoms in total. The molecule has 3 heterocycles. The zero-order chi connectivity index (χ0) is 17.3. The van der Waals surface area contributed by atoms with E-state index >= 15 is 0 Å². The van der Waals surface area contributed by atoms with Gasteiger partial charge in [-0.15, -0.1) is 0 Å². The van der Waals surface area contributed by atoms with Crippen LogP contribution >= 0.6 is 0 Å². The maximum atomic E-state index is 12.8. The summed E-state index contributed by atoms with van der Waals surface area (Å²) in [4.78, 5) is 26.9. The number of rotatable bonds is 3. The lowest BCUT2D eigenvalue weighted by molar-refractivity contribution is -0.136. The standard InChI is InChI=1S/C17H22N4O3/c1-11-5-3-7-20(10-11)16(22)12(2)21-17(23)13(18)9-14(19-21)15-6-4-8-24-15/h4,6,8-9,11-12H,3,5,7,10,18H2,1-2H3. The Labute approximate surface area is 140 Å². The van der Waals surface area contributed by atoms with Crippen LogP contribution in [0.4, 0.5) is 5.69 Å². The number of furan rings is 1. The molecule has 128 valence electrons. The van der Waals surface area contributed by atoms with Crippen molar-refractivity contribution in [2.24, 2.45) is 5.92 Å². The molecule has 2 atom stereocenters. The summed E-state index contributed by atoms with van der Waals surface area (Å²) in [6, 6.07) is 4.22. The van der Waals surface area contributed by atoms with E-state index in [2.05, 4.69) is 12.0 Å². The molecule has 1 saturated heterocycles. The summed E-state index contributed by atoms with van der Waals surface area (Å²) in [5, 5.41) is 4.29. The first-order chi connectivity index (χ1) is 11.5. The van der Waals surface area contributed by atoms with Crippen LogP contribution in [0.3, 0.4) is 0 Å². The number of aromatic nitrogens is 2. The summed E-state index contributed by atoms with van der Waals surface area (Å²) in [7, 11) is 0. The van der Waals surface area contributed by atoms with E-state index in [1.54, 1.807) is 19.1 Å². The maximum absolute atomic E-state index is 12.8. The van der Waals surface area contributed by atoms with Crippen molar-refractivity contribution in [3.05, 3.63) is 34.8 Å². The number of hydrogen-bond acceptors (Lipinski definition) is 5. The van der Waals surface area contributed by atoms with Gasteiger partial charge in [-0.2, -0.15) is 5.10 Å². The normalized spacial score (nSPS) is 19.2. The molecule has 1 aliphatic heterocycles. The molecule has 24 heavy (non-hydrogen) atoms. The predicted octanol–water partition coefficient (Wildman–Crippen LogP) is 1.90. The van der Waals surface area contributed by atoms with Crippen molar-refractivity contribution in [3.63, 3.8) is 0 Å². The number of nitrogen functional groups attached to an aromatic ring is 1. The fraction of sp³-hybridized carbons (Fsp3) is 0.471. The second-order valence-electron chi connectivity index (χ2n) is 6.42. The number of likely N-dealkylation sites (tertiary alicyclic amines) is 1. The number of hydrogen-bond donors (Lipinski definition) is 1. The van der Waals surface area contributed by atoms with Gasteiger partial charge in [0.1, 0.15) is 17.4 Å². The molecule has 0 radical (unpaired) electrons. The van der Waals surface area contributed by atoms with Crippen molar-refractivity contribution >= 4 is 11.6 Å². The molecule has 0 aliphatic carbocycles. The van der Waals surface area contributed by atoms with E-state index in [4.69, 9.17) is 10.2 Å². The molecule has 2 aromatic heterocycles. The highest BCUT2D eigenvalue weighted by atomic mass is 16.3. The average molecular weight is 330 g/mol. The number of piperidine rings is 1. The van der Waals surface area contributed by atoms with Crippen LogP contribution < -0.4 is 11.3 Å². The molecule has 0 aromatic carbocycles. The van der Waals surface area contributed by atoms with Crippen LogP contribution in [0.2, 0.25) is 0 Å². The van der Waals surface area contributed by atoms with Gasteiger partial charge in [-0.1, -0.05) is 6.92 Å². The van der Waals surface area contributed by atoms with Crippen LogP contribution in [0.25, 0.3) is 11.5 Å². The molecular formula is C17H22N4O3. The van der Waals surface area contributed by atoms with Gasteiger partial charge < -0.3 is 15.1 Å². The van der Waals surface area contributed by atoms with Crippen LogP contribution in [0, 0.1) is 5.92 Å². The van der Waals surface area contributed by atoms with E-state index in [1.807, 2.05) is 4.90 Å². The second kappa shape index (κ2) is 6.51. The molecule has 7 heteroatoms. The van der Waals surface area contributed by atoms with E-state index in [9.17, 15) is 9.59 Å². The molecule has 0 bridgehead atoms. The Morgan fingerprint density at radius 3 is 2.96 bits per heavy atom. The largest absolute Gasteiger partial charge is 0.463 e. The number of carbonyl (C=O) groups excluding carboxylic acids is 1. The summed E-state index contributed by atoms with van der Waals surface area (Å²) < 4.78 is 6.47. The van der Waals surface area contributed by atoms with Crippen molar-refractivity contribution in [3.8, 4) is 11.5 Å². The third-order valence-corrected chi connectivity index (χ3v) is 4.43. The van der Waals surface area contributed by atoms with E-state index in [0.717, 1.165) is 24.1 Å². The lowest BCUT2D eigenvalue weighted by Gasteiger charge is -2.32. The maximum Gasteiger partial charge on any atom is 0.290 e. The number of anilines is 1. The molecule has 0 saturated carbocycles. The molecule has 2 unspecified atom stereocenters. The van der Waals surface area contributed by atoms with Crippen LogP contribution in [0.15, 0.2) is 33.7 Å². The highest BCUT2D eigenvalue weighted by molar-refractivity contribution is 5.80. The van der Waals surface area contributed by atoms with Gasteiger partial charge in [0.2, 0.25) is 5.91 Å². The molecule has 1 aliphatic rings. The zero-order valence-electron chi connectivity index (χ0n) is 13.9. The Bertz CT molecular complexity index is 782. The smallest absolute Gasteiger partial charge is 0.290 e. The molecule has 1 amide bonds. The van der Waals surface area contributed by atoms with Crippen molar-refractivity contribution < 1.29 is 9.21 Å². The highest BCUT2D eigenvalue weighted by Crippen LogP contribution is 2.21. The van der Waals surface area contributed by atoms with Gasteiger partial charge in [-0.25, -0.2) is 4.68 Å². The Balaban J connectivity index is 1.93. The quantitative estimate of drug-likeness (QED) is 0.927. The number of carbonyl (C=O) groups is 1. The Kier molecular flexibility index (Phi) is 4.42. The average Bonchev–Trinajstić information content (AvgIpc) is 3.10. The minimum absolute atomic E-state index is 0.0445.